The van der Waals surface area contributed by atoms with Gasteiger partial charge < -0.3 is 5.11 Å². The minimum Gasteiger partial charge on any atom is -0.511 e. The van der Waals surface area contributed by atoms with Crippen LogP contribution in [-0.2, 0) is 11.2 Å². The van der Waals surface area contributed by atoms with Crippen molar-refractivity contribution >= 4 is 11.5 Å². The number of carbonyl (C=O) groups excluding carboxylic acids is 1. The van der Waals surface area contributed by atoms with Crippen LogP contribution in [0.5, 0.6) is 0 Å². The SMILES string of the molecule is CCCCCCCN=C(Cc1ccccc1)C1=C(O)CC(C)(C)CC1=O. The number of benzene rings is 1. The largest absolute Gasteiger partial charge is 0.511 e. The molecule has 0 saturated heterocycles. The maximum absolute atomic E-state index is 12.7. The molecule has 142 valence electrons. The highest BCUT2D eigenvalue weighted by Gasteiger charge is 2.34. The van der Waals surface area contributed by atoms with E-state index in [0.29, 0.717) is 24.8 Å². The van der Waals surface area contributed by atoms with Crippen LogP contribution in [0.4, 0.5) is 0 Å². The van der Waals surface area contributed by atoms with Gasteiger partial charge in [0.25, 0.3) is 0 Å². The molecule has 1 aliphatic carbocycles. The fourth-order valence-corrected chi connectivity index (χ4v) is 3.56. The number of aliphatic hydroxyl groups is 1. The zero-order valence-corrected chi connectivity index (χ0v) is 16.6. The van der Waals surface area contributed by atoms with Gasteiger partial charge in [0.05, 0.1) is 11.3 Å². The number of hydrogen-bond donors (Lipinski definition) is 1. The summed E-state index contributed by atoms with van der Waals surface area (Å²) in [6, 6.07) is 10.1. The molecule has 0 unspecified atom stereocenters. The normalized spacial score (nSPS) is 17.7. The number of rotatable bonds is 9. The van der Waals surface area contributed by atoms with E-state index in [-0.39, 0.29) is 17.0 Å². The number of nitrogens with zero attached hydrogens (tertiary/aromatic N) is 1. The summed E-state index contributed by atoms with van der Waals surface area (Å²) in [5, 5.41) is 10.6. The van der Waals surface area contributed by atoms with Crippen LogP contribution >= 0.6 is 0 Å². The van der Waals surface area contributed by atoms with Crippen molar-refractivity contribution in [2.24, 2.45) is 10.4 Å². The molecule has 1 aromatic rings. The predicted molar refractivity (Wildman–Crippen MR) is 109 cm³/mol. The van der Waals surface area contributed by atoms with E-state index in [4.69, 9.17) is 4.99 Å². The number of aliphatic imine (C=N–C) groups is 1. The number of carbonyl (C=O) groups is 1. The fraction of sp³-hybridized carbons (Fsp3) is 0.565. The lowest BCUT2D eigenvalue weighted by atomic mass is 9.75. The molecule has 3 heteroatoms. The van der Waals surface area contributed by atoms with Crippen LogP contribution in [0.15, 0.2) is 46.7 Å². The maximum atomic E-state index is 12.7. The minimum atomic E-state index is -0.178. The molecule has 0 aromatic heterocycles. The van der Waals surface area contributed by atoms with Crippen LogP contribution in [0.3, 0.4) is 0 Å². The smallest absolute Gasteiger partial charge is 0.168 e. The molecule has 0 spiro atoms. The molecular weight excluding hydrogens is 322 g/mol. The molecule has 1 aliphatic rings. The van der Waals surface area contributed by atoms with Crippen molar-refractivity contribution in [1.82, 2.24) is 0 Å². The summed E-state index contributed by atoms with van der Waals surface area (Å²) in [6.45, 7) is 6.99. The van der Waals surface area contributed by atoms with Crippen molar-refractivity contribution in [2.45, 2.75) is 72.1 Å². The summed E-state index contributed by atoms with van der Waals surface area (Å²) >= 11 is 0. The molecule has 0 aliphatic heterocycles. The fourth-order valence-electron chi connectivity index (χ4n) is 3.56. The molecule has 0 atom stereocenters. The van der Waals surface area contributed by atoms with Gasteiger partial charge in [-0.3, -0.25) is 9.79 Å². The molecule has 26 heavy (non-hydrogen) atoms. The number of unbranched alkanes of at least 4 members (excludes halogenated alkanes) is 4. The second-order valence-corrected chi connectivity index (χ2v) is 8.17. The Morgan fingerprint density at radius 2 is 1.77 bits per heavy atom. The summed E-state index contributed by atoms with van der Waals surface area (Å²) in [6.07, 6.45) is 7.54. The second kappa shape index (κ2) is 9.70. The molecule has 1 N–H and O–H groups in total. The highest BCUT2D eigenvalue weighted by atomic mass is 16.3. The van der Waals surface area contributed by atoms with Crippen LogP contribution in [0.1, 0.15) is 71.3 Å². The molecule has 0 saturated carbocycles. The number of aliphatic hydroxyl groups excluding tert-OH is 1. The number of allylic oxidation sites excluding steroid dienone is 2. The molecule has 0 fully saturated rings. The molecule has 3 nitrogen and oxygen atoms in total. The van der Waals surface area contributed by atoms with Gasteiger partial charge in [-0.15, -0.1) is 0 Å². The Kier molecular flexibility index (Phi) is 7.62. The van der Waals surface area contributed by atoms with Gasteiger partial charge in [0.15, 0.2) is 5.78 Å². The van der Waals surface area contributed by atoms with Gasteiger partial charge in [0.2, 0.25) is 0 Å². The van der Waals surface area contributed by atoms with Gasteiger partial charge in [-0.2, -0.15) is 0 Å². The van der Waals surface area contributed by atoms with Gasteiger partial charge in [0, 0.05) is 25.8 Å². The van der Waals surface area contributed by atoms with Gasteiger partial charge in [-0.25, -0.2) is 0 Å². The molecule has 0 amide bonds. The summed E-state index contributed by atoms with van der Waals surface area (Å²) in [5.41, 5.74) is 2.17. The quantitative estimate of drug-likeness (QED) is 0.447. The van der Waals surface area contributed by atoms with Crippen LogP contribution in [-0.4, -0.2) is 23.1 Å². The van der Waals surface area contributed by atoms with E-state index in [1.807, 2.05) is 44.2 Å². The van der Waals surface area contributed by atoms with E-state index in [0.717, 1.165) is 24.2 Å². The highest BCUT2D eigenvalue weighted by Crippen LogP contribution is 2.36. The molecule has 1 aromatic carbocycles. The first-order chi connectivity index (χ1) is 12.4. The Morgan fingerprint density at radius 1 is 1.08 bits per heavy atom. The lowest BCUT2D eigenvalue weighted by molar-refractivity contribution is -0.117. The lowest BCUT2D eigenvalue weighted by Gasteiger charge is -2.30. The minimum absolute atomic E-state index is 0.0272. The van der Waals surface area contributed by atoms with Crippen molar-refractivity contribution in [3.05, 3.63) is 47.2 Å². The van der Waals surface area contributed by atoms with Gasteiger partial charge in [-0.1, -0.05) is 76.8 Å². The van der Waals surface area contributed by atoms with Gasteiger partial charge in [0.1, 0.15) is 5.76 Å². The third-order valence-electron chi connectivity index (χ3n) is 4.92. The first kappa shape index (κ1) is 20.4. The topological polar surface area (TPSA) is 49.7 Å². The van der Waals surface area contributed by atoms with E-state index in [9.17, 15) is 9.90 Å². The van der Waals surface area contributed by atoms with Crippen molar-refractivity contribution in [2.75, 3.05) is 6.54 Å². The average Bonchev–Trinajstić information content (AvgIpc) is 2.57. The Labute approximate surface area is 158 Å². The molecule has 0 bridgehead atoms. The third kappa shape index (κ3) is 6.12. The maximum Gasteiger partial charge on any atom is 0.168 e. The summed E-state index contributed by atoms with van der Waals surface area (Å²) in [7, 11) is 0. The van der Waals surface area contributed by atoms with Crippen molar-refractivity contribution < 1.29 is 9.90 Å². The highest BCUT2D eigenvalue weighted by molar-refractivity contribution is 6.23. The van der Waals surface area contributed by atoms with Crippen molar-refractivity contribution in [3.8, 4) is 0 Å². The van der Waals surface area contributed by atoms with E-state index in [2.05, 4.69) is 6.92 Å². The third-order valence-corrected chi connectivity index (χ3v) is 4.92. The first-order valence-electron chi connectivity index (χ1n) is 9.96. The molecular formula is C23H33NO2. The van der Waals surface area contributed by atoms with E-state index in [1.54, 1.807) is 0 Å². The number of hydrogen-bond acceptors (Lipinski definition) is 3. The Hall–Kier alpha value is -1.90. The summed E-state index contributed by atoms with van der Waals surface area (Å²) in [5.74, 6) is 0.242. The zero-order valence-electron chi connectivity index (χ0n) is 16.6. The van der Waals surface area contributed by atoms with E-state index < -0.39 is 0 Å². The van der Waals surface area contributed by atoms with Crippen LogP contribution in [0.25, 0.3) is 0 Å². The van der Waals surface area contributed by atoms with Crippen LogP contribution in [0, 0.1) is 5.41 Å². The van der Waals surface area contributed by atoms with Crippen molar-refractivity contribution in [3.63, 3.8) is 0 Å². The summed E-state index contributed by atoms with van der Waals surface area (Å²) < 4.78 is 0. The van der Waals surface area contributed by atoms with Crippen LogP contribution in [0.2, 0.25) is 0 Å². The van der Waals surface area contributed by atoms with Gasteiger partial charge >= 0.3 is 0 Å². The lowest BCUT2D eigenvalue weighted by Crippen LogP contribution is -2.30. The Morgan fingerprint density at radius 3 is 2.42 bits per heavy atom. The van der Waals surface area contributed by atoms with E-state index in [1.165, 1.54) is 25.7 Å². The predicted octanol–water partition coefficient (Wildman–Crippen LogP) is 5.84. The van der Waals surface area contributed by atoms with Crippen molar-refractivity contribution in [1.29, 1.82) is 0 Å². The van der Waals surface area contributed by atoms with E-state index >= 15 is 0 Å². The molecule has 0 radical (unpaired) electrons. The number of Topliss-reactive ketones (excluding diaryl/α,β-unsaturated/α-hetero) is 1. The standard InChI is InChI=1S/C23H33NO2/c1-4-5-6-7-11-14-24-19(15-18-12-9-8-10-13-18)22-20(25)16-23(2,3)17-21(22)26/h8-10,12-13,25H,4-7,11,14-17H2,1-3H3. The molecule has 0 heterocycles. The van der Waals surface area contributed by atoms with Crippen LogP contribution < -0.4 is 0 Å². The zero-order chi connectivity index (χ0) is 19.0. The Bertz CT molecular complexity index is 656. The Balaban J connectivity index is 2.18. The number of ketones is 1. The molecule has 2 rings (SSSR count). The van der Waals surface area contributed by atoms with Gasteiger partial charge in [-0.05, 0) is 17.4 Å². The summed E-state index contributed by atoms with van der Waals surface area (Å²) in [4.78, 5) is 17.5. The monoisotopic (exact) mass is 355 g/mol. The average molecular weight is 356 g/mol. The second-order valence-electron chi connectivity index (χ2n) is 8.17. The first-order valence-corrected chi connectivity index (χ1v) is 9.96.